The number of carbonyl (C=O) groups is 5. The molecule has 2 aromatic heterocycles. The molecule has 19 nitrogen and oxygen atoms in total. The van der Waals surface area contributed by atoms with Crippen LogP contribution in [0.4, 0.5) is 15.9 Å². The van der Waals surface area contributed by atoms with E-state index in [1.807, 2.05) is 54.6 Å². The van der Waals surface area contributed by atoms with E-state index in [2.05, 4.69) is 103 Å². The second kappa shape index (κ2) is 27.4. The third-order valence-corrected chi connectivity index (χ3v) is 14.0. The van der Waals surface area contributed by atoms with Crippen molar-refractivity contribution in [2.45, 2.75) is 55.6 Å². The number of nitrogens with one attached hydrogen (secondary N) is 4. The number of rotatable bonds is 23. The Hall–Kier alpha value is -6.88. The number of amidine groups is 1. The van der Waals surface area contributed by atoms with E-state index in [4.69, 9.17) is 26.8 Å². The van der Waals surface area contributed by atoms with Crippen molar-refractivity contribution in [3.05, 3.63) is 145 Å². The molecule has 0 fully saturated rings. The third kappa shape index (κ3) is 16.1. The van der Waals surface area contributed by atoms with Crippen molar-refractivity contribution >= 4 is 116 Å². The van der Waals surface area contributed by atoms with E-state index < -0.39 is 58.3 Å². The molecule has 4 aromatic carbocycles. The molecule has 7 N–H and O–H groups in total. The highest BCUT2D eigenvalue weighted by molar-refractivity contribution is 9.11. The second-order valence-corrected chi connectivity index (χ2v) is 19.3. The minimum Gasteiger partial charge on any atom is -0.488 e. The fourth-order valence-electron chi connectivity index (χ4n) is 6.77. The van der Waals surface area contributed by atoms with Gasteiger partial charge in [-0.25, -0.2) is 19.0 Å². The number of aromatic nitrogens is 3. The van der Waals surface area contributed by atoms with E-state index in [1.54, 1.807) is 24.3 Å². The Kier molecular flexibility index (Phi) is 20.9. The van der Waals surface area contributed by atoms with Gasteiger partial charge in [0.15, 0.2) is 17.3 Å². The molecule has 25 heteroatoms. The van der Waals surface area contributed by atoms with Crippen LogP contribution in [-0.4, -0.2) is 85.3 Å². The zero-order valence-corrected chi connectivity index (χ0v) is 44.3. The molecule has 0 spiro atoms. The minimum absolute atomic E-state index is 0.00792. The fraction of sp³-hybridized carbons (Fsp3) is 0.224. The molecule has 0 aliphatic rings. The van der Waals surface area contributed by atoms with Gasteiger partial charge in [-0.05, 0) is 108 Å². The Morgan fingerprint density at radius 3 is 2.26 bits per heavy atom. The van der Waals surface area contributed by atoms with Crippen molar-refractivity contribution in [1.29, 1.82) is 5.26 Å². The highest BCUT2D eigenvalue weighted by Gasteiger charge is 2.27. The highest BCUT2D eigenvalue weighted by Crippen LogP contribution is 2.36. The number of benzene rings is 4. The maximum absolute atomic E-state index is 13.8. The molecule has 384 valence electrons. The van der Waals surface area contributed by atoms with Gasteiger partial charge in [0.1, 0.15) is 48.3 Å². The van der Waals surface area contributed by atoms with Gasteiger partial charge in [0.05, 0.1) is 15.2 Å². The second-order valence-electron chi connectivity index (χ2n) is 15.9. The lowest BCUT2D eigenvalue weighted by Crippen LogP contribution is -2.44. The van der Waals surface area contributed by atoms with E-state index in [-0.39, 0.29) is 95.4 Å². The van der Waals surface area contributed by atoms with Crippen LogP contribution in [-0.2, 0) is 43.7 Å². The first-order valence-electron chi connectivity index (χ1n) is 22.1. The summed E-state index contributed by atoms with van der Waals surface area (Å²) in [6.45, 7) is -0.106. The highest BCUT2D eigenvalue weighted by atomic mass is 79.9. The van der Waals surface area contributed by atoms with Crippen molar-refractivity contribution in [2.24, 2.45) is 4.99 Å². The number of carboxylic acid groups (broad SMARTS) is 1. The molecule has 0 radical (unpaired) electrons. The number of ketones is 1. The number of carboxylic acids is 1. The number of carbonyl (C=O) groups excluding carboxylic acids is 4. The van der Waals surface area contributed by atoms with Crippen molar-refractivity contribution in [2.75, 3.05) is 18.8 Å². The largest absolute Gasteiger partial charge is 0.488 e. The van der Waals surface area contributed by atoms with Gasteiger partial charge in [0.25, 0.3) is 5.91 Å². The van der Waals surface area contributed by atoms with Crippen LogP contribution in [0.2, 0.25) is 5.02 Å². The summed E-state index contributed by atoms with van der Waals surface area (Å²) in [7, 11) is 0. The van der Waals surface area contributed by atoms with Crippen LogP contribution >= 0.6 is 68.7 Å². The molecular weight excluding hydrogens is 1150 g/mol. The van der Waals surface area contributed by atoms with Crippen LogP contribution in [0.25, 0.3) is 11.1 Å². The number of nitrogens with two attached hydrogens (primary N) is 1. The monoisotopic (exact) mass is 1190 g/mol. The standard InChI is InChI=1S/C49H44Br2ClFN10O9S2/c50-33-19-30(9-10-35(33)53)60-45(43-44(55)63-72-62-43)61-48(67)47(66)58-16-13-41(74)40(73)12-15-57-46(65)37(64)20-36(49(68)69)59-23-29-18-34(52)39(21-38(29)70-24-26-11-14-56-31(17-26)22-54)71-25-28-7-4-8-32(42(28)51)27-5-2-1-3-6-27/h1-11,14,17-19,21,36,40-41,59,73-74H,12-13,15-16,20,23-25H2,(H2,55,63)(H,57,65)(H,58,66)(H,68,69)(H,60,61,67). The number of thiol groups is 2. The number of nitrogen functional groups attached to an aromatic ring is 1. The molecular formula is C49H44Br2ClFN10O9S2. The Morgan fingerprint density at radius 1 is 0.865 bits per heavy atom. The van der Waals surface area contributed by atoms with Crippen LogP contribution < -0.4 is 36.5 Å². The maximum atomic E-state index is 13.8. The number of anilines is 1. The van der Waals surface area contributed by atoms with Crippen LogP contribution in [0.3, 0.4) is 0 Å². The lowest BCUT2D eigenvalue weighted by atomic mass is 10.0. The average molecular weight is 1200 g/mol. The van der Waals surface area contributed by atoms with Gasteiger partial charge >= 0.3 is 17.8 Å². The molecule has 3 unspecified atom stereocenters. The number of hydrogen-bond acceptors (Lipinski definition) is 17. The predicted molar refractivity (Wildman–Crippen MR) is 284 cm³/mol. The van der Waals surface area contributed by atoms with E-state index in [9.17, 15) is 38.7 Å². The molecule has 6 aromatic rings. The number of Topliss-reactive ketones (excluding diaryl/α,β-unsaturated/α-hetero) is 1. The molecule has 0 bridgehead atoms. The van der Waals surface area contributed by atoms with E-state index in [1.165, 1.54) is 18.3 Å². The molecule has 2 heterocycles. The van der Waals surface area contributed by atoms with Gasteiger partial charge in [-0.1, -0.05) is 60.1 Å². The van der Waals surface area contributed by atoms with E-state index in [0.717, 1.165) is 27.2 Å². The molecule has 3 amide bonds. The third-order valence-electron chi connectivity index (χ3n) is 10.7. The summed E-state index contributed by atoms with van der Waals surface area (Å²) in [6, 6.07) is 26.2. The molecule has 0 aliphatic heterocycles. The average Bonchev–Trinajstić information content (AvgIpc) is 3.83. The first kappa shape index (κ1) is 56.4. The molecule has 0 saturated carbocycles. The number of nitriles is 1. The summed E-state index contributed by atoms with van der Waals surface area (Å²) in [6.07, 6.45) is 1.21. The van der Waals surface area contributed by atoms with Gasteiger partial charge < -0.3 is 36.3 Å². The summed E-state index contributed by atoms with van der Waals surface area (Å²) in [5.74, 6) is -6.17. The zero-order valence-electron chi connectivity index (χ0n) is 38.6. The Labute approximate surface area is 455 Å². The SMILES string of the molecule is N#Cc1cc(COc2cc(OCc3cccc(-c4ccccc4)c3Br)c(Cl)cc2CNC(CC(=O)C(=O)NCCC(S)C(S)CCNC(=O)C(=O)NC(=Nc2ccc(F)c(Br)c2)c2nonc2N)C(=O)O)ccn1. The van der Waals surface area contributed by atoms with E-state index in [0.29, 0.717) is 11.1 Å². The van der Waals surface area contributed by atoms with Crippen LogP contribution in [0.1, 0.15) is 47.3 Å². The normalized spacial score (nSPS) is 12.4. The number of amides is 3. The number of nitrogens with zero attached hydrogens (tertiary/aromatic N) is 5. The van der Waals surface area contributed by atoms with Gasteiger partial charge in [-0.2, -0.15) is 30.5 Å². The Balaban J connectivity index is 0.996. The first-order chi connectivity index (χ1) is 35.5. The predicted octanol–water partition coefficient (Wildman–Crippen LogP) is 7.07. The van der Waals surface area contributed by atoms with Crippen LogP contribution in [0, 0.1) is 17.1 Å². The van der Waals surface area contributed by atoms with Crippen molar-refractivity contribution < 1.29 is 47.6 Å². The van der Waals surface area contributed by atoms with Gasteiger partial charge in [0.2, 0.25) is 5.78 Å². The van der Waals surface area contributed by atoms with Gasteiger partial charge in [-0.15, -0.1) is 0 Å². The summed E-state index contributed by atoms with van der Waals surface area (Å²) in [5, 5.41) is 35.8. The number of pyridine rings is 1. The quantitative estimate of drug-likeness (QED) is 0.0138. The van der Waals surface area contributed by atoms with Crippen molar-refractivity contribution in [3.8, 4) is 28.7 Å². The summed E-state index contributed by atoms with van der Waals surface area (Å²) >= 11 is 22.6. The molecule has 0 saturated heterocycles. The van der Waals surface area contributed by atoms with Crippen molar-refractivity contribution in [1.82, 2.24) is 36.6 Å². The lowest BCUT2D eigenvalue weighted by Gasteiger charge is -2.19. The maximum Gasteiger partial charge on any atom is 0.321 e. The minimum atomic E-state index is -1.51. The zero-order chi connectivity index (χ0) is 53.3. The Bertz CT molecular complexity index is 3100. The molecule has 0 aliphatic carbocycles. The van der Waals surface area contributed by atoms with Gasteiger partial charge in [0, 0.05) is 64.4 Å². The van der Waals surface area contributed by atoms with Crippen LogP contribution in [0.15, 0.2) is 116 Å². The fourth-order valence-corrected chi connectivity index (χ4v) is 8.54. The summed E-state index contributed by atoms with van der Waals surface area (Å²) in [5.41, 5.74) is 9.79. The smallest absolute Gasteiger partial charge is 0.321 e. The summed E-state index contributed by atoms with van der Waals surface area (Å²) < 4.78 is 31.7. The number of halogens is 4. The number of aliphatic carboxylic acids is 1. The lowest BCUT2D eigenvalue weighted by molar-refractivity contribution is -0.143. The molecule has 6 rings (SSSR count). The van der Waals surface area contributed by atoms with Crippen molar-refractivity contribution in [3.63, 3.8) is 0 Å². The Morgan fingerprint density at radius 2 is 1.58 bits per heavy atom. The number of hydrogen-bond donors (Lipinski definition) is 8. The summed E-state index contributed by atoms with van der Waals surface area (Å²) in [4.78, 5) is 72.0. The molecule has 74 heavy (non-hydrogen) atoms. The number of ether oxygens (including phenoxy) is 2. The van der Waals surface area contributed by atoms with Gasteiger partial charge in [-0.3, -0.25) is 29.3 Å². The molecule has 3 atom stereocenters. The topological polar surface area (TPSA) is 286 Å². The number of aliphatic imine (C=N–C) groups is 1. The van der Waals surface area contributed by atoms with E-state index >= 15 is 0 Å². The first-order valence-corrected chi connectivity index (χ1v) is 25.1. The van der Waals surface area contributed by atoms with Crippen LogP contribution in [0.5, 0.6) is 11.5 Å².